The van der Waals surface area contributed by atoms with Crippen LogP contribution in [0.5, 0.6) is 0 Å². The molecule has 1 heterocycles. The molecule has 2 rings (SSSR count). The zero-order chi connectivity index (χ0) is 14.4. The molecule has 4 heteroatoms. The second kappa shape index (κ2) is 7.07. The molecule has 20 heavy (non-hydrogen) atoms. The van der Waals surface area contributed by atoms with Gasteiger partial charge in [-0.3, -0.25) is 0 Å². The largest absolute Gasteiger partial charge is 0.394 e. The molecule has 0 aliphatic carbocycles. The van der Waals surface area contributed by atoms with Crippen LogP contribution in [0.2, 0.25) is 0 Å². The Balaban J connectivity index is 1.88. The van der Waals surface area contributed by atoms with Crippen molar-refractivity contribution in [1.82, 2.24) is 5.32 Å². The van der Waals surface area contributed by atoms with Crippen LogP contribution in [0.4, 0.5) is 5.69 Å². The minimum atomic E-state index is -0.528. The maximum atomic E-state index is 9.50. The van der Waals surface area contributed by atoms with E-state index in [1.807, 2.05) is 13.0 Å². The molecule has 1 saturated heterocycles. The van der Waals surface area contributed by atoms with Gasteiger partial charge in [-0.15, -0.1) is 0 Å². The number of piperidine rings is 1. The number of para-hydroxylation sites is 1. The Hall–Kier alpha value is -1.10. The summed E-state index contributed by atoms with van der Waals surface area (Å²) in [6.45, 7) is 3.99. The number of benzene rings is 1. The van der Waals surface area contributed by atoms with Crippen molar-refractivity contribution in [1.29, 1.82) is 0 Å². The van der Waals surface area contributed by atoms with Crippen LogP contribution in [0.25, 0.3) is 0 Å². The first-order valence-electron chi connectivity index (χ1n) is 7.52. The third-order valence-corrected chi connectivity index (χ3v) is 4.41. The number of hydrogen-bond acceptors (Lipinski definition) is 4. The Morgan fingerprint density at radius 3 is 2.25 bits per heavy atom. The van der Waals surface area contributed by atoms with Gasteiger partial charge in [0.1, 0.15) is 0 Å². The van der Waals surface area contributed by atoms with E-state index in [1.165, 1.54) is 5.69 Å². The van der Waals surface area contributed by atoms with Crippen molar-refractivity contribution in [3.63, 3.8) is 0 Å². The van der Waals surface area contributed by atoms with Gasteiger partial charge in [-0.2, -0.15) is 0 Å². The molecule has 1 aromatic rings. The van der Waals surface area contributed by atoms with Gasteiger partial charge in [0.15, 0.2) is 0 Å². The predicted octanol–water partition coefficient (Wildman–Crippen LogP) is 1.38. The number of nitrogens with one attached hydrogen (secondary N) is 1. The maximum absolute atomic E-state index is 9.50. The fourth-order valence-electron chi connectivity index (χ4n) is 2.82. The molecule has 0 atom stereocenters. The smallest absolute Gasteiger partial charge is 0.0647 e. The summed E-state index contributed by atoms with van der Waals surface area (Å²) in [4.78, 5) is 2.39. The summed E-state index contributed by atoms with van der Waals surface area (Å²) in [6.07, 6.45) is 2.81. The summed E-state index contributed by atoms with van der Waals surface area (Å²) in [5.74, 6) is 0. The zero-order valence-corrected chi connectivity index (χ0v) is 12.3. The van der Waals surface area contributed by atoms with Crippen LogP contribution < -0.4 is 10.2 Å². The van der Waals surface area contributed by atoms with E-state index in [1.54, 1.807) is 0 Å². The first-order valence-corrected chi connectivity index (χ1v) is 7.52. The molecule has 0 saturated carbocycles. The van der Waals surface area contributed by atoms with Crippen LogP contribution in [0.15, 0.2) is 30.3 Å². The maximum Gasteiger partial charge on any atom is 0.0647 e. The first kappa shape index (κ1) is 15.3. The number of aliphatic hydroxyl groups is 2. The monoisotopic (exact) mass is 278 g/mol. The molecule has 1 aliphatic heterocycles. The highest BCUT2D eigenvalue weighted by atomic mass is 16.3. The lowest BCUT2D eigenvalue weighted by Crippen LogP contribution is -2.57. The van der Waals surface area contributed by atoms with E-state index in [9.17, 15) is 10.2 Å². The molecule has 1 fully saturated rings. The topological polar surface area (TPSA) is 55.7 Å². The third-order valence-electron chi connectivity index (χ3n) is 4.41. The van der Waals surface area contributed by atoms with Gasteiger partial charge in [-0.05, 0) is 31.4 Å². The minimum Gasteiger partial charge on any atom is -0.394 e. The second-order valence-corrected chi connectivity index (χ2v) is 5.69. The van der Waals surface area contributed by atoms with E-state index in [2.05, 4.69) is 34.5 Å². The molecular formula is C16H26N2O2. The Kier molecular flexibility index (Phi) is 5.40. The molecule has 0 unspecified atom stereocenters. The number of nitrogens with zero attached hydrogens (tertiary/aromatic N) is 1. The van der Waals surface area contributed by atoms with Crippen LogP contribution in [0, 0.1) is 0 Å². The lowest BCUT2D eigenvalue weighted by molar-refractivity contribution is 0.0742. The summed E-state index contributed by atoms with van der Waals surface area (Å²) in [5.41, 5.74) is 0.747. The zero-order valence-electron chi connectivity index (χ0n) is 12.3. The Morgan fingerprint density at radius 1 is 1.15 bits per heavy atom. The molecule has 1 aliphatic rings. The highest BCUT2D eigenvalue weighted by molar-refractivity contribution is 5.46. The van der Waals surface area contributed by atoms with E-state index in [0.29, 0.717) is 6.04 Å². The quantitative estimate of drug-likeness (QED) is 0.736. The van der Waals surface area contributed by atoms with Crippen LogP contribution >= 0.6 is 0 Å². The van der Waals surface area contributed by atoms with E-state index in [-0.39, 0.29) is 13.2 Å². The second-order valence-electron chi connectivity index (χ2n) is 5.69. The average Bonchev–Trinajstić information content (AvgIpc) is 2.54. The van der Waals surface area contributed by atoms with Gasteiger partial charge >= 0.3 is 0 Å². The summed E-state index contributed by atoms with van der Waals surface area (Å²) in [5, 5.41) is 22.5. The van der Waals surface area contributed by atoms with Gasteiger partial charge in [0.25, 0.3) is 0 Å². The van der Waals surface area contributed by atoms with Gasteiger partial charge in [0.2, 0.25) is 0 Å². The van der Waals surface area contributed by atoms with Gasteiger partial charge in [-0.25, -0.2) is 0 Å². The van der Waals surface area contributed by atoms with Gasteiger partial charge < -0.3 is 20.4 Å². The van der Waals surface area contributed by atoms with Gasteiger partial charge in [0.05, 0.1) is 18.8 Å². The number of hydrogen-bond donors (Lipinski definition) is 3. The SMILES string of the molecule is CCC(CO)(CO)NC1CCN(c2ccccc2)CC1. The van der Waals surface area contributed by atoms with Crippen LogP contribution in [0.1, 0.15) is 26.2 Å². The normalized spacial score (nSPS) is 17.4. The summed E-state index contributed by atoms with van der Waals surface area (Å²) in [7, 11) is 0. The molecule has 0 bridgehead atoms. The molecule has 112 valence electrons. The number of aliphatic hydroxyl groups excluding tert-OH is 2. The van der Waals surface area contributed by atoms with Crippen molar-refractivity contribution in [2.75, 3.05) is 31.2 Å². The fourth-order valence-corrected chi connectivity index (χ4v) is 2.82. The van der Waals surface area contributed by atoms with Crippen LogP contribution in [-0.2, 0) is 0 Å². The van der Waals surface area contributed by atoms with Crippen molar-refractivity contribution in [2.45, 2.75) is 37.8 Å². The van der Waals surface area contributed by atoms with Crippen molar-refractivity contribution in [2.24, 2.45) is 0 Å². The molecule has 0 radical (unpaired) electrons. The van der Waals surface area contributed by atoms with E-state index >= 15 is 0 Å². The van der Waals surface area contributed by atoms with Gasteiger partial charge in [-0.1, -0.05) is 25.1 Å². The Morgan fingerprint density at radius 2 is 1.75 bits per heavy atom. The summed E-state index contributed by atoms with van der Waals surface area (Å²) >= 11 is 0. The highest BCUT2D eigenvalue weighted by Crippen LogP contribution is 2.21. The molecule has 4 nitrogen and oxygen atoms in total. The third kappa shape index (κ3) is 3.51. The molecule has 0 amide bonds. The molecule has 0 aromatic heterocycles. The first-order chi connectivity index (χ1) is 9.73. The van der Waals surface area contributed by atoms with Crippen molar-refractivity contribution in [3.05, 3.63) is 30.3 Å². The van der Waals surface area contributed by atoms with E-state index < -0.39 is 5.54 Å². The standard InChI is InChI=1S/C16H26N2O2/c1-2-16(12-19,13-20)17-14-8-10-18(11-9-14)15-6-4-3-5-7-15/h3-7,14,17,19-20H,2,8-13H2,1H3. The van der Waals surface area contributed by atoms with Gasteiger partial charge in [0, 0.05) is 24.8 Å². The average molecular weight is 278 g/mol. The molecule has 1 aromatic carbocycles. The van der Waals surface area contributed by atoms with E-state index in [4.69, 9.17) is 0 Å². The predicted molar refractivity (Wildman–Crippen MR) is 82.0 cm³/mol. The van der Waals surface area contributed by atoms with Crippen molar-refractivity contribution >= 4 is 5.69 Å². The van der Waals surface area contributed by atoms with E-state index in [0.717, 1.165) is 32.4 Å². The molecular weight excluding hydrogens is 252 g/mol. The van der Waals surface area contributed by atoms with Crippen LogP contribution in [0.3, 0.4) is 0 Å². The van der Waals surface area contributed by atoms with Crippen LogP contribution in [-0.4, -0.2) is 48.1 Å². The Bertz CT molecular complexity index is 376. The lowest BCUT2D eigenvalue weighted by Gasteiger charge is -2.39. The number of rotatable bonds is 6. The highest BCUT2D eigenvalue weighted by Gasteiger charge is 2.31. The lowest BCUT2D eigenvalue weighted by atomic mass is 9.94. The summed E-state index contributed by atoms with van der Waals surface area (Å²) in [6, 6.07) is 10.8. The number of anilines is 1. The minimum absolute atomic E-state index is 0.0150. The van der Waals surface area contributed by atoms with Crippen molar-refractivity contribution in [3.8, 4) is 0 Å². The Labute approximate surface area is 121 Å². The molecule has 0 spiro atoms. The molecule has 3 N–H and O–H groups in total. The summed E-state index contributed by atoms with van der Waals surface area (Å²) < 4.78 is 0. The fraction of sp³-hybridized carbons (Fsp3) is 0.625. The van der Waals surface area contributed by atoms with Crippen molar-refractivity contribution < 1.29 is 10.2 Å².